The molecule has 0 unspecified atom stereocenters. The van der Waals surface area contributed by atoms with Crippen LogP contribution in [-0.2, 0) is 11.2 Å². The molecule has 1 aromatic carbocycles. The summed E-state index contributed by atoms with van der Waals surface area (Å²) in [7, 11) is 0. The van der Waals surface area contributed by atoms with Crippen LogP contribution in [0.3, 0.4) is 0 Å². The fraction of sp³-hybridized carbons (Fsp3) is 0.200. The lowest BCUT2D eigenvalue weighted by Gasteiger charge is -2.04. The first-order valence-corrected chi connectivity index (χ1v) is 7.39. The standard InChI is InChI=1S/C15H14ClNO2S/c1-10-2-7-13(20-10)14(18)15(19)17-9-8-11-3-5-12(16)6-4-11/h2-7H,8-9H2,1H3,(H,17,19). The zero-order valence-corrected chi connectivity index (χ0v) is 12.6. The average Bonchev–Trinajstić information content (AvgIpc) is 2.86. The summed E-state index contributed by atoms with van der Waals surface area (Å²) in [6.07, 6.45) is 0.666. The van der Waals surface area contributed by atoms with E-state index in [2.05, 4.69) is 5.32 Å². The number of carbonyl (C=O) groups is 2. The lowest BCUT2D eigenvalue weighted by Crippen LogP contribution is -2.32. The Balaban J connectivity index is 1.83. The molecule has 0 saturated heterocycles. The third kappa shape index (κ3) is 3.92. The predicted octanol–water partition coefficient (Wildman–Crippen LogP) is 3.25. The van der Waals surface area contributed by atoms with Crippen molar-refractivity contribution < 1.29 is 9.59 Å². The van der Waals surface area contributed by atoms with Crippen LogP contribution in [-0.4, -0.2) is 18.2 Å². The van der Waals surface area contributed by atoms with Crippen LogP contribution < -0.4 is 5.32 Å². The van der Waals surface area contributed by atoms with E-state index < -0.39 is 11.7 Å². The smallest absolute Gasteiger partial charge is 0.293 e. The molecule has 3 nitrogen and oxygen atoms in total. The molecule has 1 N–H and O–H groups in total. The molecule has 0 aliphatic carbocycles. The Morgan fingerprint density at radius 2 is 1.85 bits per heavy atom. The Kier molecular flexibility index (Phi) is 4.93. The first-order valence-electron chi connectivity index (χ1n) is 6.19. The van der Waals surface area contributed by atoms with Crippen LogP contribution in [0, 0.1) is 6.92 Å². The molecule has 0 saturated carbocycles. The molecule has 5 heteroatoms. The number of halogens is 1. The van der Waals surface area contributed by atoms with Crippen molar-refractivity contribution in [2.75, 3.05) is 6.54 Å². The minimum absolute atomic E-state index is 0.427. The number of hydrogen-bond acceptors (Lipinski definition) is 3. The Morgan fingerprint density at radius 1 is 1.15 bits per heavy atom. The van der Waals surface area contributed by atoms with E-state index in [-0.39, 0.29) is 0 Å². The molecule has 0 fully saturated rings. The molecular formula is C15H14ClNO2S. The molecule has 0 atom stereocenters. The van der Waals surface area contributed by atoms with Gasteiger partial charge in [0.1, 0.15) is 0 Å². The molecule has 0 spiro atoms. The molecule has 2 aromatic rings. The Bertz CT molecular complexity index is 619. The van der Waals surface area contributed by atoms with Crippen molar-refractivity contribution in [1.29, 1.82) is 0 Å². The zero-order chi connectivity index (χ0) is 14.5. The van der Waals surface area contributed by atoms with Gasteiger partial charge in [-0.2, -0.15) is 0 Å². The highest BCUT2D eigenvalue weighted by Crippen LogP contribution is 2.15. The highest BCUT2D eigenvalue weighted by molar-refractivity contribution is 7.14. The van der Waals surface area contributed by atoms with Crippen molar-refractivity contribution in [2.24, 2.45) is 0 Å². The maximum atomic E-state index is 11.8. The monoisotopic (exact) mass is 307 g/mol. The van der Waals surface area contributed by atoms with E-state index in [0.717, 1.165) is 10.4 Å². The number of aryl methyl sites for hydroxylation is 1. The summed E-state index contributed by atoms with van der Waals surface area (Å²) < 4.78 is 0. The van der Waals surface area contributed by atoms with Gasteiger partial charge in [0, 0.05) is 16.4 Å². The number of nitrogens with one attached hydrogen (secondary N) is 1. The molecule has 0 bridgehead atoms. The zero-order valence-electron chi connectivity index (χ0n) is 11.0. The predicted molar refractivity (Wildman–Crippen MR) is 81.6 cm³/mol. The fourth-order valence-corrected chi connectivity index (χ4v) is 2.65. The minimum Gasteiger partial charge on any atom is -0.349 e. The highest BCUT2D eigenvalue weighted by atomic mass is 35.5. The summed E-state index contributed by atoms with van der Waals surface area (Å²) >= 11 is 7.12. The fourth-order valence-electron chi connectivity index (χ4n) is 1.72. The number of carbonyl (C=O) groups excluding carboxylic acids is 2. The summed E-state index contributed by atoms with van der Waals surface area (Å²) in [6.45, 7) is 2.33. The number of rotatable bonds is 5. The molecule has 0 aliphatic rings. The van der Waals surface area contributed by atoms with E-state index in [1.54, 1.807) is 18.2 Å². The van der Waals surface area contributed by atoms with Gasteiger partial charge in [0.15, 0.2) is 0 Å². The van der Waals surface area contributed by atoms with Gasteiger partial charge in [-0.3, -0.25) is 9.59 Å². The van der Waals surface area contributed by atoms with E-state index in [9.17, 15) is 9.59 Å². The van der Waals surface area contributed by atoms with Crippen LogP contribution in [0.1, 0.15) is 20.1 Å². The van der Waals surface area contributed by atoms with Crippen LogP contribution in [0.25, 0.3) is 0 Å². The maximum absolute atomic E-state index is 11.8. The van der Waals surface area contributed by atoms with E-state index in [1.165, 1.54) is 11.3 Å². The molecule has 1 aromatic heterocycles. The van der Waals surface area contributed by atoms with E-state index in [0.29, 0.717) is 22.9 Å². The molecule has 2 rings (SSSR count). The maximum Gasteiger partial charge on any atom is 0.293 e. The number of Topliss-reactive ketones (excluding diaryl/α,β-unsaturated/α-hetero) is 1. The topological polar surface area (TPSA) is 46.2 Å². The Hall–Kier alpha value is -1.65. The number of amides is 1. The van der Waals surface area contributed by atoms with Crippen molar-refractivity contribution in [3.8, 4) is 0 Å². The van der Waals surface area contributed by atoms with Gasteiger partial charge < -0.3 is 5.32 Å². The highest BCUT2D eigenvalue weighted by Gasteiger charge is 2.17. The Morgan fingerprint density at radius 3 is 2.45 bits per heavy atom. The molecule has 1 amide bonds. The molecule has 104 valence electrons. The lowest BCUT2D eigenvalue weighted by molar-refractivity contribution is -0.116. The van der Waals surface area contributed by atoms with Crippen LogP contribution in [0.15, 0.2) is 36.4 Å². The normalized spacial score (nSPS) is 10.3. The van der Waals surface area contributed by atoms with E-state index >= 15 is 0 Å². The van der Waals surface area contributed by atoms with E-state index in [4.69, 9.17) is 11.6 Å². The van der Waals surface area contributed by atoms with Gasteiger partial charge in [-0.05, 0) is 43.2 Å². The van der Waals surface area contributed by atoms with Crippen molar-refractivity contribution in [1.82, 2.24) is 5.32 Å². The van der Waals surface area contributed by atoms with Gasteiger partial charge >= 0.3 is 0 Å². The van der Waals surface area contributed by atoms with Crippen molar-refractivity contribution in [3.05, 3.63) is 56.7 Å². The summed E-state index contributed by atoms with van der Waals surface area (Å²) in [6, 6.07) is 10.9. The third-order valence-electron chi connectivity index (χ3n) is 2.78. The van der Waals surface area contributed by atoms with Crippen LogP contribution in [0.4, 0.5) is 0 Å². The molecule has 20 heavy (non-hydrogen) atoms. The Labute approximate surface area is 126 Å². The van der Waals surface area contributed by atoms with Gasteiger partial charge in [-0.1, -0.05) is 23.7 Å². The summed E-state index contributed by atoms with van der Waals surface area (Å²) in [5, 5.41) is 3.32. The van der Waals surface area contributed by atoms with Gasteiger partial charge in [0.2, 0.25) is 0 Å². The lowest BCUT2D eigenvalue weighted by atomic mass is 10.1. The van der Waals surface area contributed by atoms with Gasteiger partial charge in [0.05, 0.1) is 4.88 Å². The second-order valence-corrected chi connectivity index (χ2v) is 6.10. The van der Waals surface area contributed by atoms with Crippen LogP contribution >= 0.6 is 22.9 Å². The second kappa shape index (κ2) is 6.68. The number of hydrogen-bond donors (Lipinski definition) is 1. The molecular weight excluding hydrogens is 294 g/mol. The SMILES string of the molecule is Cc1ccc(C(=O)C(=O)NCCc2ccc(Cl)cc2)s1. The quantitative estimate of drug-likeness (QED) is 0.681. The first kappa shape index (κ1) is 14.8. The molecule has 1 heterocycles. The number of thiophene rings is 1. The second-order valence-electron chi connectivity index (χ2n) is 4.37. The first-order chi connectivity index (χ1) is 9.56. The number of benzene rings is 1. The van der Waals surface area contributed by atoms with Gasteiger partial charge in [-0.25, -0.2) is 0 Å². The summed E-state index contributed by atoms with van der Waals surface area (Å²) in [5.74, 6) is -1.03. The van der Waals surface area contributed by atoms with Crippen molar-refractivity contribution in [3.63, 3.8) is 0 Å². The van der Waals surface area contributed by atoms with Crippen LogP contribution in [0.5, 0.6) is 0 Å². The minimum atomic E-state index is -0.555. The molecule has 0 aliphatic heterocycles. The van der Waals surface area contributed by atoms with E-state index in [1.807, 2.05) is 25.1 Å². The number of ketones is 1. The largest absolute Gasteiger partial charge is 0.349 e. The average molecular weight is 308 g/mol. The van der Waals surface area contributed by atoms with Gasteiger partial charge in [-0.15, -0.1) is 11.3 Å². The summed E-state index contributed by atoms with van der Waals surface area (Å²) in [4.78, 5) is 25.0. The third-order valence-corrected chi connectivity index (χ3v) is 4.03. The summed E-state index contributed by atoms with van der Waals surface area (Å²) in [5.41, 5.74) is 1.06. The van der Waals surface area contributed by atoms with Gasteiger partial charge in [0.25, 0.3) is 11.7 Å². The van der Waals surface area contributed by atoms with Crippen LogP contribution in [0.2, 0.25) is 5.02 Å². The molecule has 0 radical (unpaired) electrons. The van der Waals surface area contributed by atoms with Crippen molar-refractivity contribution in [2.45, 2.75) is 13.3 Å². The van der Waals surface area contributed by atoms with Crippen molar-refractivity contribution >= 4 is 34.6 Å².